The van der Waals surface area contributed by atoms with Crippen molar-refractivity contribution in [2.45, 2.75) is 18.4 Å². The van der Waals surface area contributed by atoms with Crippen LogP contribution < -0.4 is 5.32 Å². The minimum atomic E-state index is -1.06. The van der Waals surface area contributed by atoms with E-state index in [0.29, 0.717) is 25.3 Å². The topological polar surface area (TPSA) is 105 Å². The van der Waals surface area contributed by atoms with Gasteiger partial charge >= 0.3 is 12.1 Å². The number of thioether (sulfide) groups is 1. The standard InChI is InChI=1S/C26H30N2O6S/c1-35-13-11-28(15-23(29)30)25(31)24-17(10-12-33-24)14-27-26(32)34-16-22-20-8-4-2-6-18(20)19-7-3-5-9-21(19)22/h2-9,17,22,24H,10-16H2,1H3,(H,27,32)(H,29,30). The lowest BCUT2D eigenvalue weighted by Gasteiger charge is -2.26. The lowest BCUT2D eigenvalue weighted by atomic mass is 9.98. The maximum absolute atomic E-state index is 13.0. The molecule has 2 atom stereocenters. The monoisotopic (exact) mass is 498 g/mol. The molecule has 2 aromatic carbocycles. The van der Waals surface area contributed by atoms with E-state index in [2.05, 4.69) is 29.6 Å². The molecule has 0 radical (unpaired) electrons. The van der Waals surface area contributed by atoms with Crippen molar-refractivity contribution < 1.29 is 29.0 Å². The molecule has 4 rings (SSSR count). The second-order valence-corrected chi connectivity index (χ2v) is 9.68. The Morgan fingerprint density at radius 1 is 1.11 bits per heavy atom. The molecule has 9 heteroatoms. The first-order valence-electron chi connectivity index (χ1n) is 11.7. The van der Waals surface area contributed by atoms with Crippen LogP contribution in [0.1, 0.15) is 23.5 Å². The number of carbonyl (C=O) groups excluding carboxylic acids is 2. The largest absolute Gasteiger partial charge is 0.480 e. The summed E-state index contributed by atoms with van der Waals surface area (Å²) < 4.78 is 11.2. The van der Waals surface area contributed by atoms with Gasteiger partial charge in [0.15, 0.2) is 0 Å². The molecule has 35 heavy (non-hydrogen) atoms. The maximum atomic E-state index is 13.0. The Labute approximate surface area is 209 Å². The first kappa shape index (κ1) is 25.1. The fraction of sp³-hybridized carbons (Fsp3) is 0.423. The number of carbonyl (C=O) groups is 3. The number of ether oxygens (including phenoxy) is 2. The number of nitrogens with one attached hydrogen (secondary N) is 1. The van der Waals surface area contributed by atoms with Crippen LogP contribution in [0.4, 0.5) is 4.79 Å². The highest BCUT2D eigenvalue weighted by Gasteiger charge is 2.37. The van der Waals surface area contributed by atoms with Crippen molar-refractivity contribution >= 4 is 29.7 Å². The van der Waals surface area contributed by atoms with Crippen molar-refractivity contribution in [1.82, 2.24) is 10.2 Å². The van der Waals surface area contributed by atoms with E-state index in [4.69, 9.17) is 9.47 Å². The molecule has 1 fully saturated rings. The molecule has 8 nitrogen and oxygen atoms in total. The Hall–Kier alpha value is -3.04. The molecule has 1 heterocycles. The van der Waals surface area contributed by atoms with Crippen molar-refractivity contribution in [2.24, 2.45) is 5.92 Å². The summed E-state index contributed by atoms with van der Waals surface area (Å²) >= 11 is 1.54. The molecular weight excluding hydrogens is 468 g/mol. The van der Waals surface area contributed by atoms with Gasteiger partial charge < -0.3 is 24.8 Å². The van der Waals surface area contributed by atoms with E-state index in [-0.39, 0.29) is 37.4 Å². The van der Waals surface area contributed by atoms with Crippen molar-refractivity contribution in [3.63, 3.8) is 0 Å². The second kappa shape index (κ2) is 11.6. The van der Waals surface area contributed by atoms with Gasteiger partial charge in [-0.3, -0.25) is 9.59 Å². The lowest BCUT2D eigenvalue weighted by molar-refractivity contribution is -0.149. The summed E-state index contributed by atoms with van der Waals surface area (Å²) in [6.45, 7) is 0.780. The molecular formula is C26H30N2O6S. The van der Waals surface area contributed by atoms with Crippen LogP contribution in [0.15, 0.2) is 48.5 Å². The smallest absolute Gasteiger partial charge is 0.407 e. The Morgan fingerprint density at radius 2 is 1.77 bits per heavy atom. The fourth-order valence-electron chi connectivity index (χ4n) is 4.79. The Balaban J connectivity index is 1.32. The van der Waals surface area contributed by atoms with Gasteiger partial charge in [0.2, 0.25) is 0 Å². The molecule has 0 spiro atoms. The highest BCUT2D eigenvalue weighted by molar-refractivity contribution is 7.98. The normalized spacial score (nSPS) is 18.5. The number of benzene rings is 2. The molecule has 2 aliphatic rings. The van der Waals surface area contributed by atoms with Crippen LogP contribution in [0.25, 0.3) is 11.1 Å². The van der Waals surface area contributed by atoms with E-state index >= 15 is 0 Å². The van der Waals surface area contributed by atoms with Crippen LogP contribution in [-0.2, 0) is 19.1 Å². The second-order valence-electron chi connectivity index (χ2n) is 8.69. The Bertz CT molecular complexity index is 1030. The number of fused-ring (bicyclic) bond motifs is 3. The molecule has 2 N–H and O–H groups in total. The molecule has 1 aliphatic carbocycles. The number of hydrogen-bond acceptors (Lipinski definition) is 6. The van der Waals surface area contributed by atoms with Gasteiger partial charge in [0.1, 0.15) is 19.3 Å². The van der Waals surface area contributed by atoms with Crippen LogP contribution in [0, 0.1) is 5.92 Å². The molecule has 2 aromatic rings. The average Bonchev–Trinajstić information content (AvgIpc) is 3.46. The van der Waals surface area contributed by atoms with Gasteiger partial charge in [0.25, 0.3) is 5.91 Å². The molecule has 0 aromatic heterocycles. The first-order chi connectivity index (χ1) is 17.0. The summed E-state index contributed by atoms with van der Waals surface area (Å²) in [5, 5.41) is 11.9. The van der Waals surface area contributed by atoms with Gasteiger partial charge in [-0.1, -0.05) is 48.5 Å². The average molecular weight is 499 g/mol. The molecule has 2 amide bonds. The SMILES string of the molecule is CSCCN(CC(=O)O)C(=O)C1OCCC1CNC(=O)OCC1c2ccccc2-c2ccccc21. The summed E-state index contributed by atoms with van der Waals surface area (Å²) in [6, 6.07) is 16.3. The van der Waals surface area contributed by atoms with Crippen molar-refractivity contribution in [1.29, 1.82) is 0 Å². The molecule has 2 unspecified atom stereocenters. The minimum Gasteiger partial charge on any atom is -0.480 e. The third kappa shape index (κ3) is 5.79. The number of carboxylic acid groups (broad SMARTS) is 1. The van der Waals surface area contributed by atoms with Crippen molar-refractivity contribution in [3.05, 3.63) is 59.7 Å². The zero-order valence-corrected chi connectivity index (χ0v) is 20.5. The van der Waals surface area contributed by atoms with Crippen LogP contribution in [0.3, 0.4) is 0 Å². The van der Waals surface area contributed by atoms with Gasteiger partial charge in [-0.05, 0) is 34.9 Å². The Morgan fingerprint density at radius 3 is 2.40 bits per heavy atom. The summed E-state index contributed by atoms with van der Waals surface area (Å²) in [6.07, 6.45) is 1.18. The third-order valence-corrected chi connectivity index (χ3v) is 7.10. The van der Waals surface area contributed by atoms with Gasteiger partial charge in [0, 0.05) is 37.3 Å². The summed E-state index contributed by atoms with van der Waals surface area (Å²) in [5.41, 5.74) is 4.60. The maximum Gasteiger partial charge on any atom is 0.407 e. The molecule has 1 saturated heterocycles. The molecule has 0 saturated carbocycles. The summed E-state index contributed by atoms with van der Waals surface area (Å²) in [7, 11) is 0. The predicted molar refractivity (Wildman–Crippen MR) is 134 cm³/mol. The van der Waals surface area contributed by atoms with Crippen LogP contribution in [0.5, 0.6) is 0 Å². The van der Waals surface area contributed by atoms with Crippen LogP contribution in [0.2, 0.25) is 0 Å². The number of rotatable bonds is 10. The van der Waals surface area contributed by atoms with E-state index in [1.165, 1.54) is 16.7 Å². The molecule has 186 valence electrons. The highest BCUT2D eigenvalue weighted by Crippen LogP contribution is 2.44. The van der Waals surface area contributed by atoms with Gasteiger partial charge in [-0.25, -0.2) is 4.79 Å². The quantitative estimate of drug-likeness (QED) is 0.518. The third-order valence-electron chi connectivity index (χ3n) is 6.51. The van der Waals surface area contributed by atoms with E-state index in [0.717, 1.165) is 22.3 Å². The summed E-state index contributed by atoms with van der Waals surface area (Å²) in [4.78, 5) is 38.0. The molecule has 0 bridgehead atoms. The predicted octanol–water partition coefficient (Wildman–Crippen LogP) is 3.21. The van der Waals surface area contributed by atoms with Crippen LogP contribution in [-0.4, -0.2) is 78.9 Å². The first-order valence-corrected chi connectivity index (χ1v) is 13.1. The number of alkyl carbamates (subject to hydrolysis) is 1. The van der Waals surface area contributed by atoms with Gasteiger partial charge in [0.05, 0.1) is 0 Å². The number of hydrogen-bond donors (Lipinski definition) is 2. The van der Waals surface area contributed by atoms with Crippen molar-refractivity contribution in [2.75, 3.05) is 44.9 Å². The van der Waals surface area contributed by atoms with E-state index < -0.39 is 18.2 Å². The van der Waals surface area contributed by atoms with E-state index in [1.54, 1.807) is 0 Å². The van der Waals surface area contributed by atoms with E-state index in [9.17, 15) is 19.5 Å². The lowest BCUT2D eigenvalue weighted by Crippen LogP contribution is -2.47. The number of amides is 2. The number of aliphatic carboxylic acids is 1. The Kier molecular flexibility index (Phi) is 8.30. The zero-order chi connectivity index (χ0) is 24.8. The number of carboxylic acids is 1. The van der Waals surface area contributed by atoms with Gasteiger partial charge in [-0.15, -0.1) is 0 Å². The molecule has 1 aliphatic heterocycles. The van der Waals surface area contributed by atoms with Crippen molar-refractivity contribution in [3.8, 4) is 11.1 Å². The van der Waals surface area contributed by atoms with Gasteiger partial charge in [-0.2, -0.15) is 11.8 Å². The minimum absolute atomic E-state index is 0.0293. The number of nitrogens with zero attached hydrogens (tertiary/aromatic N) is 1. The van der Waals surface area contributed by atoms with Crippen LogP contribution >= 0.6 is 11.8 Å². The summed E-state index contributed by atoms with van der Waals surface area (Å²) in [5.74, 6) is -1.05. The van der Waals surface area contributed by atoms with E-state index in [1.807, 2.05) is 30.5 Å². The fourth-order valence-corrected chi connectivity index (χ4v) is 5.19. The zero-order valence-electron chi connectivity index (χ0n) is 19.6. The highest BCUT2D eigenvalue weighted by atomic mass is 32.2.